The largest absolute Gasteiger partial charge is 0.493 e. The van der Waals surface area contributed by atoms with Crippen LogP contribution in [0.2, 0.25) is 0 Å². The maximum absolute atomic E-state index is 14.2. The second-order valence-electron chi connectivity index (χ2n) is 32.1. The van der Waals surface area contributed by atoms with Gasteiger partial charge in [-0.25, -0.2) is 28.8 Å². The Morgan fingerprint density at radius 3 is 0.709 bits per heavy atom. The van der Waals surface area contributed by atoms with E-state index in [2.05, 4.69) is 6.58 Å². The van der Waals surface area contributed by atoms with Crippen LogP contribution in [-0.2, 0) is 65.6 Å². The van der Waals surface area contributed by atoms with Gasteiger partial charge in [-0.15, -0.1) is 0 Å². The zero-order valence-corrected chi connectivity index (χ0v) is 80.1. The van der Waals surface area contributed by atoms with Crippen LogP contribution in [0.15, 0.2) is 164 Å². The molecule has 0 amide bonds. The number of hydrogen-bond donors (Lipinski definition) is 0. The molecule has 0 fully saturated rings. The number of methoxy groups -OCH3 is 8. The minimum atomic E-state index is -0.545. The number of benzene rings is 7. The highest BCUT2D eigenvalue weighted by Gasteiger charge is 2.18. The molecular weight excluding hydrogens is 1710 g/mol. The Morgan fingerprint density at radius 2 is 0.470 bits per heavy atom. The maximum Gasteiger partial charge on any atom is 0.338 e. The summed E-state index contributed by atoms with van der Waals surface area (Å²) < 4.78 is 116. The average Bonchev–Trinajstić information content (AvgIpc) is 0.833. The number of ether oxygens (including phenoxy) is 20. The van der Waals surface area contributed by atoms with Crippen molar-refractivity contribution in [2.45, 2.75) is 206 Å². The van der Waals surface area contributed by atoms with E-state index >= 15 is 0 Å². The predicted octanol–water partition coefficient (Wildman–Crippen LogP) is 23.0. The van der Waals surface area contributed by atoms with E-state index in [0.717, 1.165) is 207 Å². The molecule has 0 saturated heterocycles. The first-order valence-corrected chi connectivity index (χ1v) is 46.9. The van der Waals surface area contributed by atoms with Crippen molar-refractivity contribution in [2.24, 2.45) is 0 Å². The molecule has 0 saturated carbocycles. The van der Waals surface area contributed by atoms with Crippen molar-refractivity contribution in [1.82, 2.24) is 0 Å². The third-order valence-corrected chi connectivity index (χ3v) is 21.4. The summed E-state index contributed by atoms with van der Waals surface area (Å²) in [4.78, 5) is 72.7. The fraction of sp³-hybridized carbons (Fsp3) is 0.463. The maximum atomic E-state index is 14.2. The Kier molecular flexibility index (Phi) is 53.2. The lowest BCUT2D eigenvalue weighted by Gasteiger charge is -2.16. The standard InChI is InChI=1S/C108H140O26/c1-81(2)107(113)131-64-38-28-29-39-65-132-108(114)88-74-93(133-79-86-66-89(123-56-30-20-12-11-13-24-34-60-127-95-48-40-82(70-99(95)115-3)44-52-103(109)119-7)76-90(67-86)124-57-31-21-14-17-25-35-61-128-96-49-41-83(71-100(96)116-4)45-53-104(110)120-8)78-94(75-88)134-80-87-68-91(125-58-32-22-15-18-26-36-62-129-97-50-42-84(72-101(97)117-5)46-54-105(111)121-9)77-92(69-87)126-59-33-23-16-19-27-37-63-130-98-51-43-85(73-102(98)118-6)47-55-106(112)122-10/h40-55,66-78H,1,11-39,56-65,79-80H2,2-10H3/b52-44+,53-45+,54-46+,55-47+. The lowest BCUT2D eigenvalue weighted by atomic mass is 10.1. The lowest BCUT2D eigenvalue weighted by molar-refractivity contribution is -0.139. The fourth-order valence-corrected chi connectivity index (χ4v) is 13.9. The molecule has 0 spiro atoms. The molecule has 0 heterocycles. The summed E-state index contributed by atoms with van der Waals surface area (Å²) in [5.74, 6) is 5.51. The van der Waals surface area contributed by atoms with Crippen molar-refractivity contribution in [3.05, 3.63) is 203 Å². The van der Waals surface area contributed by atoms with Gasteiger partial charge in [-0.1, -0.05) is 140 Å². The van der Waals surface area contributed by atoms with Crippen molar-refractivity contribution in [1.29, 1.82) is 0 Å². The molecular formula is C108H140O26. The van der Waals surface area contributed by atoms with Gasteiger partial charge in [-0.05, 0) is 227 Å². The molecule has 134 heavy (non-hydrogen) atoms. The van der Waals surface area contributed by atoms with Crippen molar-refractivity contribution in [3.63, 3.8) is 0 Å². The second-order valence-corrected chi connectivity index (χ2v) is 32.1. The Labute approximate surface area is 792 Å². The first-order chi connectivity index (χ1) is 65.4. The van der Waals surface area contributed by atoms with Gasteiger partial charge in [0.05, 0.1) is 129 Å². The molecule has 0 atom stereocenters. The topological polar surface area (TPSA) is 287 Å². The van der Waals surface area contributed by atoms with Crippen LogP contribution in [0, 0.1) is 0 Å². The molecule has 0 aliphatic carbocycles. The lowest BCUT2D eigenvalue weighted by Crippen LogP contribution is -2.08. The molecule has 0 radical (unpaired) electrons. The molecule has 26 heteroatoms. The minimum Gasteiger partial charge on any atom is -0.493 e. The van der Waals surface area contributed by atoms with Gasteiger partial charge in [0.1, 0.15) is 47.7 Å². The van der Waals surface area contributed by atoms with Crippen LogP contribution in [0.4, 0.5) is 0 Å². The van der Waals surface area contributed by atoms with Crippen LogP contribution in [0.5, 0.6) is 80.5 Å². The van der Waals surface area contributed by atoms with Crippen LogP contribution in [0.3, 0.4) is 0 Å². The van der Waals surface area contributed by atoms with Crippen molar-refractivity contribution >= 4 is 60.1 Å². The monoisotopic (exact) mass is 1850 g/mol. The van der Waals surface area contributed by atoms with Gasteiger partial charge in [0.2, 0.25) is 0 Å². The summed E-state index contributed by atoms with van der Waals surface area (Å²) in [7, 11) is 11.7. The highest BCUT2D eigenvalue weighted by Crippen LogP contribution is 2.36. The molecule has 0 aliphatic heterocycles. The van der Waals surface area contributed by atoms with E-state index < -0.39 is 35.8 Å². The third kappa shape index (κ3) is 44.7. The van der Waals surface area contributed by atoms with Gasteiger partial charge in [0, 0.05) is 48.1 Å². The van der Waals surface area contributed by atoms with E-state index in [0.29, 0.717) is 152 Å². The Bertz CT molecular complexity index is 4680. The molecule has 728 valence electrons. The molecule has 7 aromatic carbocycles. The van der Waals surface area contributed by atoms with E-state index in [9.17, 15) is 28.8 Å². The van der Waals surface area contributed by atoms with Gasteiger partial charge in [0.25, 0.3) is 0 Å². The summed E-state index contributed by atoms with van der Waals surface area (Å²) in [5, 5.41) is 0. The molecule has 26 nitrogen and oxygen atoms in total. The fourth-order valence-electron chi connectivity index (χ4n) is 13.9. The average molecular weight is 1850 g/mol. The van der Waals surface area contributed by atoms with E-state index in [-0.39, 0.29) is 32.0 Å². The Hall–Kier alpha value is -12.7. The molecule has 0 bridgehead atoms. The van der Waals surface area contributed by atoms with Crippen LogP contribution in [0.25, 0.3) is 24.3 Å². The Balaban J connectivity index is 0.995. The first kappa shape index (κ1) is 108. The van der Waals surface area contributed by atoms with Gasteiger partial charge < -0.3 is 94.7 Å². The summed E-state index contributed by atoms with van der Waals surface area (Å²) >= 11 is 0. The predicted molar refractivity (Wildman–Crippen MR) is 518 cm³/mol. The van der Waals surface area contributed by atoms with Crippen LogP contribution in [0.1, 0.15) is 237 Å². The number of hydrogen-bond acceptors (Lipinski definition) is 26. The number of unbranched alkanes of at least 4 members (excludes halogenated alkanes) is 24. The smallest absolute Gasteiger partial charge is 0.338 e. The van der Waals surface area contributed by atoms with Crippen LogP contribution >= 0.6 is 0 Å². The highest BCUT2D eigenvalue weighted by atomic mass is 16.6. The molecule has 0 aromatic heterocycles. The minimum absolute atomic E-state index is 0.0895. The van der Waals surface area contributed by atoms with Crippen molar-refractivity contribution in [3.8, 4) is 80.5 Å². The molecule has 7 aromatic rings. The normalized spacial score (nSPS) is 11.1. The van der Waals surface area contributed by atoms with Crippen molar-refractivity contribution in [2.75, 3.05) is 123 Å². The van der Waals surface area contributed by atoms with Crippen LogP contribution in [-0.4, -0.2) is 159 Å². The van der Waals surface area contributed by atoms with E-state index in [1.54, 1.807) is 77.9 Å². The third-order valence-electron chi connectivity index (χ3n) is 21.4. The molecule has 0 N–H and O–H groups in total. The van der Waals surface area contributed by atoms with Crippen molar-refractivity contribution < 1.29 is 124 Å². The van der Waals surface area contributed by atoms with Gasteiger partial charge in [-0.2, -0.15) is 0 Å². The summed E-state index contributed by atoms with van der Waals surface area (Å²) in [6.45, 7) is 10.0. The zero-order valence-electron chi connectivity index (χ0n) is 80.1. The van der Waals surface area contributed by atoms with Crippen LogP contribution < -0.4 is 66.3 Å². The Morgan fingerprint density at radius 1 is 0.246 bits per heavy atom. The van der Waals surface area contributed by atoms with Gasteiger partial charge >= 0.3 is 35.8 Å². The quantitative estimate of drug-likeness (QED) is 0.0148. The summed E-state index contributed by atoms with van der Waals surface area (Å²) in [6, 6.07) is 38.9. The van der Waals surface area contributed by atoms with Gasteiger partial charge in [0.15, 0.2) is 46.0 Å². The SMILES string of the molecule is C=C(C)C(=O)OCCCCCCOC(=O)c1cc(OCc2cc(OCCCCCCCCCOc3ccc(/C=C/C(=O)OC)cc3OC)cc(OCCCCCCCCOc3ccc(/C=C/C(=O)OC)cc3OC)c2)cc(OCc2cc(OCCCCCCCCOc3ccc(/C=C/C(=O)OC)cc3OC)cc(OCCCCCCCCOc3ccc(/C=C/C(=O)OC)cc3OC)c2)c1. The number of esters is 6. The van der Waals surface area contributed by atoms with Gasteiger partial charge in [-0.3, -0.25) is 0 Å². The van der Waals surface area contributed by atoms with E-state index in [1.165, 1.54) is 52.7 Å². The number of rotatable bonds is 72. The zero-order chi connectivity index (χ0) is 95.8. The molecule has 0 unspecified atom stereocenters. The summed E-state index contributed by atoms with van der Waals surface area (Å²) in [5.41, 5.74) is 5.32. The molecule has 7 rings (SSSR count). The number of carbonyl (C=O) groups excluding carboxylic acids is 6. The van der Waals surface area contributed by atoms with E-state index in [1.807, 2.05) is 109 Å². The summed E-state index contributed by atoms with van der Waals surface area (Å²) in [6.07, 6.45) is 39.1. The number of carbonyl (C=O) groups is 6. The molecule has 0 aliphatic rings. The van der Waals surface area contributed by atoms with E-state index in [4.69, 9.17) is 94.7 Å². The highest BCUT2D eigenvalue weighted by molar-refractivity contribution is 5.91. The second kappa shape index (κ2) is 65.8. The first-order valence-electron chi connectivity index (χ1n) is 46.9.